The topological polar surface area (TPSA) is 20.2 Å². The van der Waals surface area contributed by atoms with Crippen LogP contribution >= 0.6 is 23.1 Å². The summed E-state index contributed by atoms with van der Waals surface area (Å²) < 4.78 is 12.8. The van der Waals surface area contributed by atoms with Gasteiger partial charge in [0.15, 0.2) is 0 Å². The fraction of sp³-hybridized carbons (Fsp3) is 0.333. The van der Waals surface area contributed by atoms with E-state index in [2.05, 4.69) is 19.1 Å². The number of hydrogen-bond donors (Lipinski definition) is 1. The summed E-state index contributed by atoms with van der Waals surface area (Å²) in [6.07, 6.45) is 1.38. The summed E-state index contributed by atoms with van der Waals surface area (Å²) in [7, 11) is 0. The molecule has 1 aromatic carbocycles. The first-order valence-electron chi connectivity index (χ1n) is 6.31. The second-order valence-electron chi connectivity index (χ2n) is 4.34. The Bertz CT molecular complexity index is 507. The first-order valence-corrected chi connectivity index (χ1v) is 8.11. The molecule has 0 aliphatic carbocycles. The van der Waals surface area contributed by atoms with Crippen LogP contribution < -0.4 is 0 Å². The molecular formula is C15H17FOS2. The quantitative estimate of drug-likeness (QED) is 0.808. The summed E-state index contributed by atoms with van der Waals surface area (Å²) >= 11 is 3.32. The number of hydrogen-bond acceptors (Lipinski definition) is 3. The van der Waals surface area contributed by atoms with Crippen molar-refractivity contribution in [2.45, 2.75) is 30.8 Å². The van der Waals surface area contributed by atoms with Crippen molar-refractivity contribution in [3.8, 4) is 0 Å². The van der Waals surface area contributed by atoms with Gasteiger partial charge in [0.1, 0.15) is 5.82 Å². The number of aryl methyl sites for hydroxylation is 1. The Morgan fingerprint density at radius 2 is 1.84 bits per heavy atom. The van der Waals surface area contributed by atoms with Gasteiger partial charge < -0.3 is 5.11 Å². The van der Waals surface area contributed by atoms with Crippen molar-refractivity contribution in [1.82, 2.24) is 0 Å². The molecule has 1 unspecified atom stereocenters. The molecule has 0 spiro atoms. The van der Waals surface area contributed by atoms with Crippen LogP contribution in [0.2, 0.25) is 0 Å². The monoisotopic (exact) mass is 296 g/mol. The molecule has 4 heteroatoms. The normalized spacial score (nSPS) is 12.6. The zero-order valence-corrected chi connectivity index (χ0v) is 12.4. The van der Waals surface area contributed by atoms with Crippen LogP contribution in [0.1, 0.15) is 16.7 Å². The molecule has 1 aromatic heterocycles. The summed E-state index contributed by atoms with van der Waals surface area (Å²) in [5, 5.41) is 10.0. The summed E-state index contributed by atoms with van der Waals surface area (Å²) in [5.74, 6) is 0.404. The number of aliphatic hydroxyl groups excluding tert-OH is 1. The largest absolute Gasteiger partial charge is 0.392 e. The van der Waals surface area contributed by atoms with Crippen LogP contribution in [0.25, 0.3) is 0 Å². The molecule has 0 saturated heterocycles. The number of thiophene rings is 1. The average molecular weight is 296 g/mol. The predicted molar refractivity (Wildman–Crippen MR) is 80.5 cm³/mol. The van der Waals surface area contributed by atoms with E-state index < -0.39 is 0 Å². The second kappa shape index (κ2) is 7.08. The van der Waals surface area contributed by atoms with Crippen LogP contribution in [-0.4, -0.2) is 17.0 Å². The zero-order valence-electron chi connectivity index (χ0n) is 10.8. The van der Waals surface area contributed by atoms with Crippen molar-refractivity contribution < 1.29 is 9.50 Å². The Morgan fingerprint density at radius 3 is 2.47 bits per heavy atom. The van der Waals surface area contributed by atoms with E-state index in [1.807, 2.05) is 0 Å². The van der Waals surface area contributed by atoms with Crippen LogP contribution in [0.4, 0.5) is 4.39 Å². The van der Waals surface area contributed by atoms with Crippen molar-refractivity contribution in [3.05, 3.63) is 52.0 Å². The summed E-state index contributed by atoms with van der Waals surface area (Å²) in [6, 6.07) is 10.6. The molecule has 0 aliphatic heterocycles. The van der Waals surface area contributed by atoms with Crippen molar-refractivity contribution in [3.63, 3.8) is 0 Å². The highest BCUT2D eigenvalue weighted by Crippen LogP contribution is 2.22. The Labute approximate surface area is 121 Å². The average Bonchev–Trinajstić information content (AvgIpc) is 2.86. The molecule has 1 nitrogen and oxygen atoms in total. The zero-order chi connectivity index (χ0) is 13.7. The molecule has 0 radical (unpaired) electrons. The van der Waals surface area contributed by atoms with Gasteiger partial charge in [-0.15, -0.1) is 23.1 Å². The van der Waals surface area contributed by atoms with E-state index >= 15 is 0 Å². The Morgan fingerprint density at radius 1 is 1.16 bits per heavy atom. The third-order valence-corrected chi connectivity index (χ3v) is 5.17. The lowest BCUT2D eigenvalue weighted by Crippen LogP contribution is -2.12. The lowest BCUT2D eigenvalue weighted by Gasteiger charge is -2.08. The number of rotatable bonds is 6. The van der Waals surface area contributed by atoms with Crippen molar-refractivity contribution in [1.29, 1.82) is 0 Å². The molecule has 0 bridgehead atoms. The maximum atomic E-state index is 12.8. The number of thioether (sulfide) groups is 1. The number of benzene rings is 1. The predicted octanol–water partition coefficient (Wildman–Crippen LogP) is 4.15. The molecule has 0 aliphatic rings. The van der Waals surface area contributed by atoms with Gasteiger partial charge in [-0.1, -0.05) is 6.92 Å². The van der Waals surface area contributed by atoms with Gasteiger partial charge in [0.05, 0.1) is 6.10 Å². The molecule has 0 saturated carbocycles. The Kier molecular flexibility index (Phi) is 5.43. The Hall–Kier alpha value is -0.840. The molecule has 102 valence electrons. The van der Waals surface area contributed by atoms with Crippen LogP contribution in [0.3, 0.4) is 0 Å². The van der Waals surface area contributed by atoms with Crippen LogP contribution in [0, 0.1) is 5.82 Å². The SMILES string of the molecule is CCc1ccc(CC(O)CSc2ccc(F)cc2)s1. The molecule has 1 atom stereocenters. The third kappa shape index (κ3) is 4.64. The minimum Gasteiger partial charge on any atom is -0.392 e. The molecule has 0 fully saturated rings. The van der Waals surface area contributed by atoms with Gasteiger partial charge in [-0.2, -0.15) is 0 Å². The van der Waals surface area contributed by atoms with Crippen molar-refractivity contribution >= 4 is 23.1 Å². The van der Waals surface area contributed by atoms with Crippen molar-refractivity contribution in [2.75, 3.05) is 5.75 Å². The second-order valence-corrected chi connectivity index (χ2v) is 6.69. The van der Waals surface area contributed by atoms with Gasteiger partial charge in [0.25, 0.3) is 0 Å². The highest BCUT2D eigenvalue weighted by molar-refractivity contribution is 7.99. The molecule has 19 heavy (non-hydrogen) atoms. The molecule has 0 amide bonds. The Balaban J connectivity index is 1.81. The van der Waals surface area contributed by atoms with E-state index in [9.17, 15) is 9.50 Å². The highest BCUT2D eigenvalue weighted by atomic mass is 32.2. The molecule has 1 heterocycles. The van der Waals surface area contributed by atoms with Gasteiger partial charge in [0, 0.05) is 26.8 Å². The highest BCUT2D eigenvalue weighted by Gasteiger charge is 2.08. The number of aliphatic hydroxyl groups is 1. The first-order chi connectivity index (χ1) is 9.17. The van der Waals surface area contributed by atoms with Crippen LogP contribution in [0.5, 0.6) is 0 Å². The standard InChI is InChI=1S/C15H17FOS2/c1-2-13-7-8-15(19-13)9-12(17)10-18-14-5-3-11(16)4-6-14/h3-8,12,17H,2,9-10H2,1H3. The smallest absolute Gasteiger partial charge is 0.123 e. The van der Waals surface area contributed by atoms with E-state index in [0.717, 1.165) is 11.3 Å². The summed E-state index contributed by atoms with van der Waals surface area (Å²) in [5.41, 5.74) is 0. The number of halogens is 1. The van der Waals surface area contributed by atoms with Gasteiger partial charge in [0.2, 0.25) is 0 Å². The van der Waals surface area contributed by atoms with Gasteiger partial charge in [-0.05, 0) is 42.8 Å². The van der Waals surface area contributed by atoms with Crippen LogP contribution in [0.15, 0.2) is 41.3 Å². The lowest BCUT2D eigenvalue weighted by molar-refractivity contribution is 0.201. The van der Waals surface area contributed by atoms with Crippen LogP contribution in [-0.2, 0) is 12.8 Å². The summed E-state index contributed by atoms with van der Waals surface area (Å²) in [4.78, 5) is 3.57. The van der Waals surface area contributed by atoms with E-state index in [-0.39, 0.29) is 11.9 Å². The molecule has 1 N–H and O–H groups in total. The van der Waals surface area contributed by atoms with E-state index in [1.165, 1.54) is 21.9 Å². The summed E-state index contributed by atoms with van der Waals surface area (Å²) in [6.45, 7) is 2.14. The fourth-order valence-electron chi connectivity index (χ4n) is 1.74. The first kappa shape index (κ1) is 14.6. The minimum absolute atomic E-state index is 0.226. The van der Waals surface area contributed by atoms with Gasteiger partial charge in [-0.25, -0.2) is 4.39 Å². The van der Waals surface area contributed by atoms with E-state index in [4.69, 9.17) is 0 Å². The third-order valence-electron chi connectivity index (χ3n) is 2.76. The minimum atomic E-state index is -0.363. The maximum absolute atomic E-state index is 12.8. The molecular weight excluding hydrogens is 279 g/mol. The molecule has 2 aromatic rings. The van der Waals surface area contributed by atoms with Gasteiger partial charge >= 0.3 is 0 Å². The van der Waals surface area contributed by atoms with E-state index in [1.54, 1.807) is 35.2 Å². The van der Waals surface area contributed by atoms with E-state index in [0.29, 0.717) is 12.2 Å². The lowest BCUT2D eigenvalue weighted by atomic mass is 10.2. The van der Waals surface area contributed by atoms with Gasteiger partial charge in [-0.3, -0.25) is 0 Å². The fourth-order valence-corrected chi connectivity index (χ4v) is 3.60. The molecule has 2 rings (SSSR count). The maximum Gasteiger partial charge on any atom is 0.123 e. The van der Waals surface area contributed by atoms with Crippen molar-refractivity contribution in [2.24, 2.45) is 0 Å².